The maximum Gasteiger partial charge on any atom is 0.248 e. The van der Waals surface area contributed by atoms with Crippen LogP contribution in [-0.4, -0.2) is 12.3 Å². The molecule has 0 aliphatic carbocycles. The van der Waals surface area contributed by atoms with Crippen molar-refractivity contribution in [2.45, 2.75) is 19.0 Å². The molecule has 0 bridgehead atoms. The Bertz CT molecular complexity index is 822. The van der Waals surface area contributed by atoms with Crippen LogP contribution in [-0.2, 0) is 9.59 Å². The molecule has 132 valence electrons. The van der Waals surface area contributed by atoms with Crippen LogP contribution in [0.1, 0.15) is 33.0 Å². The second-order valence-electron chi connectivity index (χ2n) is 5.93. The summed E-state index contributed by atoms with van der Waals surface area (Å²) in [4.78, 5) is 25.9. The van der Waals surface area contributed by atoms with Gasteiger partial charge in [0, 0.05) is 9.75 Å². The van der Waals surface area contributed by atoms with Crippen LogP contribution in [0.15, 0.2) is 72.8 Å². The van der Waals surface area contributed by atoms with Gasteiger partial charge in [-0.15, -0.1) is 11.3 Å². The molecule has 5 heteroatoms. The summed E-state index contributed by atoms with van der Waals surface area (Å²) >= 11 is 1.50. The van der Waals surface area contributed by atoms with Crippen LogP contribution < -0.4 is 10.6 Å². The SMILES string of the molecule is Cc1ccc([C@@H](NC=O)C(=O)NC(c2ccccc2)c2ccccc2)s1. The highest BCUT2D eigenvalue weighted by molar-refractivity contribution is 7.12. The van der Waals surface area contributed by atoms with Gasteiger partial charge in [0.25, 0.3) is 0 Å². The van der Waals surface area contributed by atoms with E-state index in [1.165, 1.54) is 11.3 Å². The predicted octanol–water partition coefficient (Wildman–Crippen LogP) is 3.75. The Labute approximate surface area is 156 Å². The molecule has 0 spiro atoms. The van der Waals surface area contributed by atoms with Gasteiger partial charge in [-0.1, -0.05) is 60.7 Å². The van der Waals surface area contributed by atoms with E-state index in [2.05, 4.69) is 10.6 Å². The van der Waals surface area contributed by atoms with Crippen LogP contribution in [0.3, 0.4) is 0 Å². The summed E-state index contributed by atoms with van der Waals surface area (Å²) in [6.07, 6.45) is 0.569. The lowest BCUT2D eigenvalue weighted by molar-refractivity contribution is -0.125. The van der Waals surface area contributed by atoms with Crippen LogP contribution >= 0.6 is 11.3 Å². The zero-order chi connectivity index (χ0) is 18.4. The Kier molecular flexibility index (Phi) is 5.81. The second kappa shape index (κ2) is 8.45. The molecule has 2 amide bonds. The first-order valence-electron chi connectivity index (χ1n) is 8.35. The van der Waals surface area contributed by atoms with Gasteiger partial charge in [0.05, 0.1) is 6.04 Å². The van der Waals surface area contributed by atoms with Crippen molar-refractivity contribution in [1.82, 2.24) is 10.6 Å². The minimum atomic E-state index is -0.707. The van der Waals surface area contributed by atoms with E-state index in [0.717, 1.165) is 20.9 Å². The first kappa shape index (κ1) is 17.9. The predicted molar refractivity (Wildman–Crippen MR) is 104 cm³/mol. The van der Waals surface area contributed by atoms with Crippen molar-refractivity contribution in [2.75, 3.05) is 0 Å². The molecule has 26 heavy (non-hydrogen) atoms. The number of amides is 2. The van der Waals surface area contributed by atoms with Gasteiger partial charge in [0.15, 0.2) is 0 Å². The Morgan fingerprint density at radius 1 is 0.923 bits per heavy atom. The minimum Gasteiger partial charge on any atom is -0.343 e. The molecule has 1 aromatic heterocycles. The van der Waals surface area contributed by atoms with E-state index in [-0.39, 0.29) is 11.9 Å². The lowest BCUT2D eigenvalue weighted by atomic mass is 9.98. The fraction of sp³-hybridized carbons (Fsp3) is 0.143. The number of carbonyl (C=O) groups excluding carboxylic acids is 2. The number of hydrogen-bond acceptors (Lipinski definition) is 3. The van der Waals surface area contributed by atoms with E-state index in [1.807, 2.05) is 79.7 Å². The van der Waals surface area contributed by atoms with Gasteiger partial charge in [-0.25, -0.2) is 0 Å². The fourth-order valence-corrected chi connectivity index (χ4v) is 3.78. The Hall–Kier alpha value is -2.92. The van der Waals surface area contributed by atoms with Crippen LogP contribution in [0, 0.1) is 6.92 Å². The van der Waals surface area contributed by atoms with Gasteiger partial charge >= 0.3 is 0 Å². The highest BCUT2D eigenvalue weighted by Gasteiger charge is 2.25. The molecular weight excluding hydrogens is 344 g/mol. The molecule has 0 saturated heterocycles. The number of aryl methyl sites for hydroxylation is 1. The Balaban J connectivity index is 1.90. The summed E-state index contributed by atoms with van der Waals surface area (Å²) in [7, 11) is 0. The van der Waals surface area contributed by atoms with Crippen LogP contribution in [0.2, 0.25) is 0 Å². The third-order valence-electron chi connectivity index (χ3n) is 4.09. The summed E-state index contributed by atoms with van der Waals surface area (Å²) in [5, 5.41) is 5.73. The van der Waals surface area contributed by atoms with Crippen molar-refractivity contribution in [2.24, 2.45) is 0 Å². The first-order chi connectivity index (χ1) is 12.7. The number of carbonyl (C=O) groups is 2. The van der Waals surface area contributed by atoms with Gasteiger partial charge in [-0.2, -0.15) is 0 Å². The molecule has 0 aliphatic rings. The van der Waals surface area contributed by atoms with E-state index in [1.54, 1.807) is 0 Å². The molecule has 0 fully saturated rings. The van der Waals surface area contributed by atoms with Crippen LogP contribution in [0.5, 0.6) is 0 Å². The molecule has 0 saturated carbocycles. The van der Waals surface area contributed by atoms with E-state index in [9.17, 15) is 9.59 Å². The molecule has 0 radical (unpaired) electrons. The summed E-state index contributed by atoms with van der Waals surface area (Å²) < 4.78 is 0. The normalized spacial score (nSPS) is 11.8. The molecule has 1 heterocycles. The van der Waals surface area contributed by atoms with E-state index in [4.69, 9.17) is 0 Å². The molecule has 0 aliphatic heterocycles. The average molecular weight is 364 g/mol. The number of thiophene rings is 1. The average Bonchev–Trinajstić information content (AvgIpc) is 3.11. The Morgan fingerprint density at radius 2 is 1.50 bits per heavy atom. The summed E-state index contributed by atoms with van der Waals surface area (Å²) in [5.74, 6) is -0.239. The molecule has 2 N–H and O–H groups in total. The van der Waals surface area contributed by atoms with Crippen LogP contribution in [0.4, 0.5) is 0 Å². The summed E-state index contributed by atoms with van der Waals surface area (Å²) in [6, 6.07) is 22.4. The standard InChI is InChI=1S/C21H20N2O2S/c1-15-12-13-18(26-15)20(22-14-24)21(25)23-19(16-8-4-2-5-9-16)17-10-6-3-7-11-17/h2-14,19-20H,1H3,(H,22,24)(H,23,25)/t20-/m1/s1. The maximum atomic E-state index is 13.0. The van der Waals surface area contributed by atoms with Crippen molar-refractivity contribution in [1.29, 1.82) is 0 Å². The monoisotopic (exact) mass is 364 g/mol. The highest BCUT2D eigenvalue weighted by Crippen LogP contribution is 2.26. The number of benzene rings is 2. The zero-order valence-corrected chi connectivity index (χ0v) is 15.2. The zero-order valence-electron chi connectivity index (χ0n) is 14.4. The van der Waals surface area contributed by atoms with E-state index >= 15 is 0 Å². The molecular formula is C21H20N2O2S. The molecule has 3 rings (SSSR count). The first-order valence-corrected chi connectivity index (χ1v) is 9.17. The Morgan fingerprint density at radius 3 is 1.96 bits per heavy atom. The maximum absolute atomic E-state index is 13.0. The van der Waals surface area contributed by atoms with Crippen molar-refractivity contribution in [3.05, 3.63) is 93.7 Å². The number of rotatable bonds is 7. The van der Waals surface area contributed by atoms with E-state index in [0.29, 0.717) is 6.41 Å². The lowest BCUT2D eigenvalue weighted by Gasteiger charge is -2.23. The summed E-state index contributed by atoms with van der Waals surface area (Å²) in [5.41, 5.74) is 1.97. The minimum absolute atomic E-state index is 0.239. The largest absolute Gasteiger partial charge is 0.343 e. The van der Waals surface area contributed by atoms with Gasteiger partial charge in [-0.05, 0) is 30.2 Å². The van der Waals surface area contributed by atoms with Crippen molar-refractivity contribution < 1.29 is 9.59 Å². The van der Waals surface area contributed by atoms with E-state index < -0.39 is 6.04 Å². The van der Waals surface area contributed by atoms with Crippen molar-refractivity contribution in [3.8, 4) is 0 Å². The molecule has 0 unspecified atom stereocenters. The molecule has 1 atom stereocenters. The smallest absolute Gasteiger partial charge is 0.248 e. The molecule has 2 aromatic carbocycles. The number of nitrogens with one attached hydrogen (secondary N) is 2. The molecule has 4 nitrogen and oxygen atoms in total. The fourth-order valence-electron chi connectivity index (χ4n) is 2.84. The van der Waals surface area contributed by atoms with Crippen molar-refractivity contribution in [3.63, 3.8) is 0 Å². The number of hydrogen-bond donors (Lipinski definition) is 2. The van der Waals surface area contributed by atoms with Crippen molar-refractivity contribution >= 4 is 23.7 Å². The highest BCUT2D eigenvalue weighted by atomic mass is 32.1. The lowest BCUT2D eigenvalue weighted by Crippen LogP contribution is -2.39. The van der Waals surface area contributed by atoms with Crippen LogP contribution in [0.25, 0.3) is 0 Å². The third kappa shape index (κ3) is 4.18. The third-order valence-corrected chi connectivity index (χ3v) is 5.16. The topological polar surface area (TPSA) is 58.2 Å². The molecule has 3 aromatic rings. The van der Waals surface area contributed by atoms with Gasteiger partial charge < -0.3 is 10.6 Å². The quantitative estimate of drug-likeness (QED) is 0.627. The van der Waals surface area contributed by atoms with Gasteiger partial charge in [-0.3, -0.25) is 9.59 Å². The summed E-state index contributed by atoms with van der Waals surface area (Å²) in [6.45, 7) is 1.97. The van der Waals surface area contributed by atoms with Gasteiger partial charge in [0.2, 0.25) is 12.3 Å². The second-order valence-corrected chi connectivity index (χ2v) is 7.25. The van der Waals surface area contributed by atoms with Gasteiger partial charge in [0.1, 0.15) is 6.04 Å².